The summed E-state index contributed by atoms with van der Waals surface area (Å²) in [6.45, 7) is 2.14. The lowest BCUT2D eigenvalue weighted by molar-refractivity contribution is 0.895. The Kier molecular flexibility index (Phi) is 3.13. The zero-order valence-corrected chi connectivity index (χ0v) is 9.55. The highest BCUT2D eigenvalue weighted by atomic mass is 35.5. The molecular formula is C9H12ClN3S. The minimum Gasteiger partial charge on any atom is -0.354 e. The molecule has 1 saturated heterocycles. The van der Waals surface area contributed by atoms with E-state index in [-0.39, 0.29) is 0 Å². The molecule has 1 fully saturated rings. The molecule has 1 aliphatic heterocycles. The van der Waals surface area contributed by atoms with E-state index in [4.69, 9.17) is 11.6 Å². The molecule has 1 unspecified atom stereocenters. The van der Waals surface area contributed by atoms with Crippen LogP contribution in [0.5, 0.6) is 0 Å². The number of aromatic nitrogens is 2. The summed E-state index contributed by atoms with van der Waals surface area (Å²) in [7, 11) is 0. The molecule has 0 aromatic carbocycles. The lowest BCUT2D eigenvalue weighted by Gasteiger charge is -2.15. The van der Waals surface area contributed by atoms with Crippen molar-refractivity contribution < 1.29 is 0 Å². The molecule has 0 radical (unpaired) electrons. The van der Waals surface area contributed by atoms with Gasteiger partial charge in [0.15, 0.2) is 11.0 Å². The monoisotopic (exact) mass is 229 g/mol. The van der Waals surface area contributed by atoms with Gasteiger partial charge in [-0.2, -0.15) is 11.8 Å². The number of anilines is 1. The average molecular weight is 230 g/mol. The van der Waals surface area contributed by atoms with Crippen molar-refractivity contribution in [3.05, 3.63) is 17.3 Å². The first kappa shape index (κ1) is 10.1. The molecule has 5 heteroatoms. The second-order valence-corrected chi connectivity index (χ2v) is 4.83. The van der Waals surface area contributed by atoms with E-state index in [1.165, 1.54) is 6.42 Å². The van der Waals surface area contributed by atoms with E-state index in [1.54, 1.807) is 6.07 Å². The number of nitrogens with zero attached hydrogens (tertiary/aromatic N) is 3. The third-order valence-corrected chi connectivity index (χ3v) is 3.67. The predicted octanol–water partition coefficient (Wildman–Crippen LogP) is 2.07. The highest BCUT2D eigenvalue weighted by Gasteiger charge is 2.22. The molecule has 0 spiro atoms. The number of halogens is 1. The van der Waals surface area contributed by atoms with Crippen LogP contribution >= 0.6 is 23.4 Å². The maximum Gasteiger partial charge on any atom is 0.151 e. The zero-order chi connectivity index (χ0) is 9.97. The average Bonchev–Trinajstić information content (AvgIpc) is 2.67. The summed E-state index contributed by atoms with van der Waals surface area (Å²) in [5, 5.41) is 9.09. The number of thioether (sulfide) groups is 1. The molecular weight excluding hydrogens is 218 g/mol. The highest BCUT2D eigenvalue weighted by molar-refractivity contribution is 7.99. The summed E-state index contributed by atoms with van der Waals surface area (Å²) in [5.41, 5.74) is 0. The fourth-order valence-electron chi connectivity index (χ4n) is 1.61. The van der Waals surface area contributed by atoms with Crippen LogP contribution in [0.1, 0.15) is 6.42 Å². The molecule has 14 heavy (non-hydrogen) atoms. The van der Waals surface area contributed by atoms with E-state index in [2.05, 4.69) is 21.4 Å². The van der Waals surface area contributed by atoms with E-state index in [0.29, 0.717) is 5.15 Å². The van der Waals surface area contributed by atoms with Crippen molar-refractivity contribution in [3.63, 3.8) is 0 Å². The van der Waals surface area contributed by atoms with Gasteiger partial charge in [0.05, 0.1) is 0 Å². The Bertz CT molecular complexity index is 303. The van der Waals surface area contributed by atoms with Gasteiger partial charge < -0.3 is 4.90 Å². The first-order valence-electron chi connectivity index (χ1n) is 4.56. The van der Waals surface area contributed by atoms with E-state index < -0.39 is 0 Å². The van der Waals surface area contributed by atoms with Crippen LogP contribution in [0, 0.1) is 0 Å². The summed E-state index contributed by atoms with van der Waals surface area (Å²) >= 11 is 7.60. The van der Waals surface area contributed by atoms with Crippen LogP contribution in [-0.4, -0.2) is 34.8 Å². The Balaban J connectivity index is 2.06. The molecule has 0 N–H and O–H groups in total. The van der Waals surface area contributed by atoms with Gasteiger partial charge in [-0.3, -0.25) is 0 Å². The Morgan fingerprint density at radius 3 is 2.93 bits per heavy atom. The minimum atomic E-state index is 0.453. The van der Waals surface area contributed by atoms with E-state index in [0.717, 1.165) is 24.2 Å². The van der Waals surface area contributed by atoms with Gasteiger partial charge in [-0.05, 0) is 24.8 Å². The van der Waals surface area contributed by atoms with Crippen LogP contribution in [0.15, 0.2) is 12.1 Å². The Hall–Kier alpha value is -0.480. The molecule has 2 heterocycles. The Morgan fingerprint density at radius 1 is 1.50 bits per heavy atom. The van der Waals surface area contributed by atoms with E-state index in [9.17, 15) is 0 Å². The molecule has 1 aliphatic rings. The van der Waals surface area contributed by atoms with Crippen molar-refractivity contribution in [1.82, 2.24) is 10.2 Å². The van der Waals surface area contributed by atoms with Crippen molar-refractivity contribution >= 4 is 29.2 Å². The van der Waals surface area contributed by atoms with Gasteiger partial charge in [0, 0.05) is 18.3 Å². The maximum atomic E-state index is 5.68. The third kappa shape index (κ3) is 2.12. The van der Waals surface area contributed by atoms with Gasteiger partial charge in [-0.1, -0.05) is 11.6 Å². The van der Waals surface area contributed by atoms with Crippen LogP contribution < -0.4 is 4.90 Å². The lowest BCUT2D eigenvalue weighted by atomic mass is 10.4. The Morgan fingerprint density at radius 2 is 2.36 bits per heavy atom. The smallest absolute Gasteiger partial charge is 0.151 e. The van der Waals surface area contributed by atoms with Crippen LogP contribution in [0.25, 0.3) is 0 Å². The number of hydrogen-bond donors (Lipinski definition) is 0. The van der Waals surface area contributed by atoms with E-state index >= 15 is 0 Å². The van der Waals surface area contributed by atoms with Crippen LogP contribution in [0.4, 0.5) is 5.82 Å². The predicted molar refractivity (Wildman–Crippen MR) is 61.2 cm³/mol. The standard InChI is InChI=1S/C9H12ClN3S/c1-14-7-4-5-13(6-7)9-3-2-8(10)11-12-9/h2-3,7H,4-6H2,1H3. The molecule has 1 aromatic heterocycles. The minimum absolute atomic E-state index is 0.453. The van der Waals surface area contributed by atoms with Gasteiger partial charge in [0.2, 0.25) is 0 Å². The second kappa shape index (κ2) is 4.36. The van der Waals surface area contributed by atoms with Gasteiger partial charge in [-0.15, -0.1) is 10.2 Å². The number of hydrogen-bond acceptors (Lipinski definition) is 4. The molecule has 0 bridgehead atoms. The number of rotatable bonds is 2. The quantitative estimate of drug-likeness (QED) is 0.777. The second-order valence-electron chi connectivity index (χ2n) is 3.31. The summed E-state index contributed by atoms with van der Waals surface area (Å²) < 4.78 is 0. The zero-order valence-electron chi connectivity index (χ0n) is 7.98. The third-order valence-electron chi connectivity index (χ3n) is 2.42. The van der Waals surface area contributed by atoms with Crippen molar-refractivity contribution in [2.45, 2.75) is 11.7 Å². The van der Waals surface area contributed by atoms with Crippen molar-refractivity contribution in [3.8, 4) is 0 Å². The summed E-state index contributed by atoms with van der Waals surface area (Å²) in [6, 6.07) is 3.72. The molecule has 0 amide bonds. The summed E-state index contributed by atoms with van der Waals surface area (Å²) in [5.74, 6) is 0.936. The van der Waals surface area contributed by atoms with Crippen molar-refractivity contribution in [2.75, 3.05) is 24.2 Å². The van der Waals surface area contributed by atoms with E-state index in [1.807, 2.05) is 17.8 Å². The largest absolute Gasteiger partial charge is 0.354 e. The molecule has 0 saturated carbocycles. The maximum absolute atomic E-state index is 5.68. The molecule has 1 aromatic rings. The van der Waals surface area contributed by atoms with Crippen molar-refractivity contribution in [2.24, 2.45) is 0 Å². The molecule has 76 valence electrons. The first-order valence-corrected chi connectivity index (χ1v) is 6.23. The van der Waals surface area contributed by atoms with Gasteiger partial charge in [0.25, 0.3) is 0 Å². The summed E-state index contributed by atoms with van der Waals surface area (Å²) in [4.78, 5) is 2.25. The van der Waals surface area contributed by atoms with Crippen LogP contribution in [-0.2, 0) is 0 Å². The molecule has 0 aliphatic carbocycles. The lowest BCUT2D eigenvalue weighted by Crippen LogP contribution is -2.21. The van der Waals surface area contributed by atoms with Crippen LogP contribution in [0.2, 0.25) is 5.15 Å². The van der Waals surface area contributed by atoms with Gasteiger partial charge in [0.1, 0.15) is 0 Å². The SMILES string of the molecule is CSC1CCN(c2ccc(Cl)nn2)C1. The fourth-order valence-corrected chi connectivity index (χ4v) is 2.38. The molecule has 1 atom stereocenters. The van der Waals surface area contributed by atoms with Gasteiger partial charge >= 0.3 is 0 Å². The topological polar surface area (TPSA) is 29.0 Å². The first-order chi connectivity index (χ1) is 6.79. The Labute approximate surface area is 92.8 Å². The summed E-state index contributed by atoms with van der Waals surface area (Å²) in [6.07, 6.45) is 3.38. The van der Waals surface area contributed by atoms with Gasteiger partial charge in [-0.25, -0.2) is 0 Å². The highest BCUT2D eigenvalue weighted by Crippen LogP contribution is 2.24. The fraction of sp³-hybridized carbons (Fsp3) is 0.556. The molecule has 3 nitrogen and oxygen atoms in total. The normalized spacial score (nSPS) is 21.6. The molecule has 2 rings (SSSR count). The van der Waals surface area contributed by atoms with Crippen LogP contribution in [0.3, 0.4) is 0 Å². The van der Waals surface area contributed by atoms with Crippen molar-refractivity contribution in [1.29, 1.82) is 0 Å².